The molecule has 0 aliphatic heterocycles. The maximum absolute atomic E-state index is 6.03. The Hall–Kier alpha value is -1.47. The van der Waals surface area contributed by atoms with Crippen molar-refractivity contribution in [2.45, 2.75) is 13.8 Å². The van der Waals surface area contributed by atoms with Gasteiger partial charge < -0.3 is 4.74 Å². The Labute approximate surface area is 101 Å². The minimum atomic E-state index is 0.726. The van der Waals surface area contributed by atoms with E-state index in [-0.39, 0.29) is 0 Å². The molecule has 0 amide bonds. The molecule has 0 saturated heterocycles. The molecule has 0 radical (unpaired) electrons. The van der Waals surface area contributed by atoms with Gasteiger partial charge in [0, 0.05) is 5.02 Å². The number of hydrogen-bond donors (Lipinski definition) is 0. The van der Waals surface area contributed by atoms with Crippen molar-refractivity contribution in [1.82, 2.24) is 0 Å². The maximum Gasteiger partial charge on any atom is 0.128 e. The summed E-state index contributed by atoms with van der Waals surface area (Å²) < 4.78 is 5.68. The Bertz CT molecular complexity index is 489. The largest absolute Gasteiger partial charge is 0.457 e. The molecule has 0 bridgehead atoms. The third kappa shape index (κ3) is 2.56. The van der Waals surface area contributed by atoms with Crippen molar-refractivity contribution in [1.29, 1.82) is 0 Å². The van der Waals surface area contributed by atoms with Crippen LogP contribution >= 0.6 is 11.6 Å². The Kier molecular flexibility index (Phi) is 3.16. The standard InChI is InChI=1S/C14H13ClO/c1-10-3-6-12(7-4-10)16-13-8-5-11(2)14(15)9-13/h3-9H,1-2H3. The summed E-state index contributed by atoms with van der Waals surface area (Å²) >= 11 is 6.03. The minimum Gasteiger partial charge on any atom is -0.457 e. The zero-order valence-electron chi connectivity index (χ0n) is 9.33. The van der Waals surface area contributed by atoms with Gasteiger partial charge in [-0.2, -0.15) is 0 Å². The fourth-order valence-corrected chi connectivity index (χ4v) is 1.55. The average Bonchev–Trinajstić information content (AvgIpc) is 2.27. The summed E-state index contributed by atoms with van der Waals surface area (Å²) in [6.07, 6.45) is 0. The highest BCUT2D eigenvalue weighted by Gasteiger charge is 2.00. The van der Waals surface area contributed by atoms with Gasteiger partial charge in [-0.3, -0.25) is 0 Å². The van der Waals surface area contributed by atoms with E-state index in [4.69, 9.17) is 16.3 Å². The number of benzene rings is 2. The van der Waals surface area contributed by atoms with Crippen LogP contribution in [0.5, 0.6) is 11.5 Å². The Morgan fingerprint density at radius 3 is 2.12 bits per heavy atom. The van der Waals surface area contributed by atoms with E-state index < -0.39 is 0 Å². The van der Waals surface area contributed by atoms with Gasteiger partial charge in [0.15, 0.2) is 0 Å². The Balaban J connectivity index is 2.20. The van der Waals surface area contributed by atoms with Gasteiger partial charge in [-0.1, -0.05) is 35.4 Å². The first-order valence-corrected chi connectivity index (χ1v) is 5.53. The molecule has 0 saturated carbocycles. The lowest BCUT2D eigenvalue weighted by Gasteiger charge is -2.07. The molecular weight excluding hydrogens is 220 g/mol. The third-order valence-electron chi connectivity index (χ3n) is 2.40. The van der Waals surface area contributed by atoms with Crippen LogP contribution < -0.4 is 4.74 Å². The van der Waals surface area contributed by atoms with E-state index in [1.165, 1.54) is 5.56 Å². The van der Waals surface area contributed by atoms with Crippen LogP contribution in [0.15, 0.2) is 42.5 Å². The molecule has 0 aliphatic carbocycles. The normalized spacial score (nSPS) is 10.2. The molecule has 0 aliphatic rings. The van der Waals surface area contributed by atoms with Crippen molar-refractivity contribution in [3.8, 4) is 11.5 Å². The van der Waals surface area contributed by atoms with E-state index in [1.807, 2.05) is 56.3 Å². The van der Waals surface area contributed by atoms with E-state index in [2.05, 4.69) is 0 Å². The Morgan fingerprint density at radius 2 is 1.50 bits per heavy atom. The van der Waals surface area contributed by atoms with Crippen molar-refractivity contribution >= 4 is 11.6 Å². The fraction of sp³-hybridized carbons (Fsp3) is 0.143. The molecule has 0 fully saturated rings. The summed E-state index contributed by atoms with van der Waals surface area (Å²) in [4.78, 5) is 0. The molecule has 0 spiro atoms. The van der Waals surface area contributed by atoms with Crippen molar-refractivity contribution in [2.75, 3.05) is 0 Å². The molecule has 2 rings (SSSR count). The highest BCUT2D eigenvalue weighted by atomic mass is 35.5. The first kappa shape index (κ1) is 11.0. The van der Waals surface area contributed by atoms with Gasteiger partial charge in [-0.25, -0.2) is 0 Å². The van der Waals surface area contributed by atoms with Crippen molar-refractivity contribution in [3.63, 3.8) is 0 Å². The summed E-state index contributed by atoms with van der Waals surface area (Å²) in [5, 5.41) is 0.726. The molecule has 0 aromatic heterocycles. The first-order valence-electron chi connectivity index (χ1n) is 5.16. The molecule has 0 N–H and O–H groups in total. The first-order chi connectivity index (χ1) is 7.65. The van der Waals surface area contributed by atoms with E-state index in [0.29, 0.717) is 0 Å². The number of ether oxygens (including phenoxy) is 1. The average molecular weight is 233 g/mol. The fourth-order valence-electron chi connectivity index (χ4n) is 1.38. The Morgan fingerprint density at radius 1 is 0.875 bits per heavy atom. The van der Waals surface area contributed by atoms with Gasteiger partial charge in [0.1, 0.15) is 11.5 Å². The predicted octanol–water partition coefficient (Wildman–Crippen LogP) is 4.75. The predicted molar refractivity (Wildman–Crippen MR) is 67.4 cm³/mol. The van der Waals surface area contributed by atoms with Gasteiger partial charge >= 0.3 is 0 Å². The van der Waals surface area contributed by atoms with Crippen LogP contribution in [0.4, 0.5) is 0 Å². The molecular formula is C14H13ClO. The molecule has 2 aromatic carbocycles. The molecule has 2 heteroatoms. The molecule has 0 unspecified atom stereocenters. The lowest BCUT2D eigenvalue weighted by Crippen LogP contribution is -1.85. The van der Waals surface area contributed by atoms with Crippen LogP contribution in [-0.2, 0) is 0 Å². The van der Waals surface area contributed by atoms with Crippen LogP contribution in [0.1, 0.15) is 11.1 Å². The lowest BCUT2D eigenvalue weighted by molar-refractivity contribution is 0.482. The van der Waals surface area contributed by atoms with Gasteiger partial charge in [-0.15, -0.1) is 0 Å². The molecule has 0 atom stereocenters. The van der Waals surface area contributed by atoms with Crippen molar-refractivity contribution < 1.29 is 4.74 Å². The topological polar surface area (TPSA) is 9.23 Å². The molecule has 2 aromatic rings. The lowest BCUT2D eigenvalue weighted by atomic mass is 10.2. The highest BCUT2D eigenvalue weighted by Crippen LogP contribution is 2.26. The number of rotatable bonds is 2. The quantitative estimate of drug-likeness (QED) is 0.726. The van der Waals surface area contributed by atoms with E-state index >= 15 is 0 Å². The summed E-state index contributed by atoms with van der Waals surface area (Å²) in [6.45, 7) is 4.02. The monoisotopic (exact) mass is 232 g/mol. The SMILES string of the molecule is Cc1ccc(Oc2ccc(C)c(Cl)c2)cc1. The van der Waals surface area contributed by atoms with Gasteiger partial charge in [0.25, 0.3) is 0 Å². The van der Waals surface area contributed by atoms with Crippen LogP contribution in [0.2, 0.25) is 5.02 Å². The smallest absolute Gasteiger partial charge is 0.128 e. The van der Waals surface area contributed by atoms with Crippen molar-refractivity contribution in [2.24, 2.45) is 0 Å². The van der Waals surface area contributed by atoms with Gasteiger partial charge in [-0.05, 0) is 43.7 Å². The second kappa shape index (κ2) is 4.58. The number of hydrogen-bond acceptors (Lipinski definition) is 1. The molecule has 1 nitrogen and oxygen atoms in total. The van der Waals surface area contributed by atoms with Crippen LogP contribution in [0, 0.1) is 13.8 Å². The zero-order chi connectivity index (χ0) is 11.5. The maximum atomic E-state index is 6.03. The highest BCUT2D eigenvalue weighted by molar-refractivity contribution is 6.31. The summed E-state index contributed by atoms with van der Waals surface area (Å²) in [5.41, 5.74) is 2.27. The van der Waals surface area contributed by atoms with Crippen molar-refractivity contribution in [3.05, 3.63) is 58.6 Å². The van der Waals surface area contributed by atoms with E-state index in [0.717, 1.165) is 22.1 Å². The second-order valence-corrected chi connectivity index (χ2v) is 4.23. The molecule has 0 heterocycles. The van der Waals surface area contributed by atoms with Gasteiger partial charge in [0.2, 0.25) is 0 Å². The minimum absolute atomic E-state index is 0.726. The number of halogens is 1. The number of aryl methyl sites for hydroxylation is 2. The summed E-state index contributed by atoms with van der Waals surface area (Å²) in [7, 11) is 0. The summed E-state index contributed by atoms with van der Waals surface area (Å²) in [5.74, 6) is 1.59. The van der Waals surface area contributed by atoms with Gasteiger partial charge in [0.05, 0.1) is 0 Å². The van der Waals surface area contributed by atoms with Crippen LogP contribution in [0.3, 0.4) is 0 Å². The van der Waals surface area contributed by atoms with E-state index in [1.54, 1.807) is 0 Å². The molecule has 82 valence electrons. The van der Waals surface area contributed by atoms with E-state index in [9.17, 15) is 0 Å². The van der Waals surface area contributed by atoms with Crippen LogP contribution in [0.25, 0.3) is 0 Å². The van der Waals surface area contributed by atoms with Crippen LogP contribution in [-0.4, -0.2) is 0 Å². The third-order valence-corrected chi connectivity index (χ3v) is 2.81. The second-order valence-electron chi connectivity index (χ2n) is 3.83. The molecule has 16 heavy (non-hydrogen) atoms. The zero-order valence-corrected chi connectivity index (χ0v) is 10.1. The summed E-state index contributed by atoms with van der Waals surface area (Å²) in [6, 6.07) is 13.6.